The van der Waals surface area contributed by atoms with Crippen molar-refractivity contribution in [3.63, 3.8) is 0 Å². The Labute approximate surface area is 138 Å². The second-order valence-corrected chi connectivity index (χ2v) is 5.50. The van der Waals surface area contributed by atoms with Crippen LogP contribution in [0, 0.1) is 29.8 Å². The number of ether oxygens (including phenoxy) is 1. The van der Waals surface area contributed by atoms with Gasteiger partial charge >= 0.3 is 5.69 Å². The lowest BCUT2D eigenvalue weighted by Gasteiger charge is -2.15. The standard InChI is InChI=1S/C17H17FN2O4/c1-10-6-11(2)8-14(7-10)24-12(3)17(21)19-13-4-5-15(18)16(9-13)20(22)23/h4-9,12H,1-3H3,(H,19,21)/t12-/m1/s1. The molecule has 1 N–H and O–H groups in total. The van der Waals surface area contributed by atoms with Gasteiger partial charge in [-0.15, -0.1) is 0 Å². The third-order valence-electron chi connectivity index (χ3n) is 3.29. The molecule has 2 rings (SSSR count). The maximum Gasteiger partial charge on any atom is 0.306 e. The molecule has 0 saturated carbocycles. The molecule has 0 aliphatic carbocycles. The molecule has 0 saturated heterocycles. The highest BCUT2D eigenvalue weighted by molar-refractivity contribution is 5.94. The SMILES string of the molecule is Cc1cc(C)cc(O[C@H](C)C(=O)Nc2ccc(F)c([N+](=O)[O-])c2)c1. The first-order chi connectivity index (χ1) is 11.3. The number of nitrogens with one attached hydrogen (secondary N) is 1. The smallest absolute Gasteiger partial charge is 0.306 e. The van der Waals surface area contributed by atoms with Gasteiger partial charge in [-0.3, -0.25) is 14.9 Å². The molecule has 2 aromatic carbocycles. The fourth-order valence-electron chi connectivity index (χ4n) is 2.23. The summed E-state index contributed by atoms with van der Waals surface area (Å²) in [5.74, 6) is -0.896. The normalized spacial score (nSPS) is 11.7. The van der Waals surface area contributed by atoms with Crippen LogP contribution >= 0.6 is 0 Å². The zero-order valence-electron chi connectivity index (χ0n) is 13.5. The van der Waals surface area contributed by atoms with Crippen LogP contribution in [0.25, 0.3) is 0 Å². The second kappa shape index (κ2) is 7.08. The van der Waals surface area contributed by atoms with Crippen LogP contribution in [0.2, 0.25) is 0 Å². The van der Waals surface area contributed by atoms with Crippen LogP contribution in [0.3, 0.4) is 0 Å². The van der Waals surface area contributed by atoms with Gasteiger partial charge in [0.25, 0.3) is 5.91 Å². The number of carbonyl (C=O) groups is 1. The number of hydrogen-bond acceptors (Lipinski definition) is 4. The van der Waals surface area contributed by atoms with Crippen LogP contribution in [-0.2, 0) is 4.79 Å². The highest BCUT2D eigenvalue weighted by Gasteiger charge is 2.19. The monoisotopic (exact) mass is 332 g/mol. The maximum absolute atomic E-state index is 13.3. The van der Waals surface area contributed by atoms with Crippen molar-refractivity contribution in [2.75, 3.05) is 5.32 Å². The van der Waals surface area contributed by atoms with Crippen molar-refractivity contribution in [3.8, 4) is 5.75 Å². The highest BCUT2D eigenvalue weighted by atomic mass is 19.1. The molecule has 0 heterocycles. The molecule has 0 unspecified atom stereocenters. The van der Waals surface area contributed by atoms with Crippen LogP contribution in [0.15, 0.2) is 36.4 Å². The van der Waals surface area contributed by atoms with Gasteiger partial charge in [-0.05, 0) is 56.2 Å². The number of carbonyl (C=O) groups excluding carboxylic acids is 1. The Morgan fingerprint density at radius 1 is 1.21 bits per heavy atom. The van der Waals surface area contributed by atoms with Crippen molar-refractivity contribution >= 4 is 17.3 Å². The predicted molar refractivity (Wildman–Crippen MR) is 87.7 cm³/mol. The van der Waals surface area contributed by atoms with Gasteiger partial charge in [0.15, 0.2) is 6.10 Å². The summed E-state index contributed by atoms with van der Waals surface area (Å²) in [6.07, 6.45) is -0.824. The lowest BCUT2D eigenvalue weighted by atomic mass is 10.1. The average molecular weight is 332 g/mol. The topological polar surface area (TPSA) is 81.5 Å². The number of anilines is 1. The third-order valence-corrected chi connectivity index (χ3v) is 3.29. The van der Waals surface area contributed by atoms with E-state index in [0.29, 0.717) is 5.75 Å². The number of amides is 1. The highest BCUT2D eigenvalue weighted by Crippen LogP contribution is 2.22. The van der Waals surface area contributed by atoms with Gasteiger partial charge in [0.1, 0.15) is 5.75 Å². The van der Waals surface area contributed by atoms with Crippen molar-refractivity contribution in [1.29, 1.82) is 0 Å². The molecule has 1 atom stereocenters. The summed E-state index contributed by atoms with van der Waals surface area (Å²) in [7, 11) is 0. The molecule has 24 heavy (non-hydrogen) atoms. The van der Waals surface area contributed by atoms with E-state index in [1.807, 2.05) is 19.9 Å². The summed E-state index contributed by atoms with van der Waals surface area (Å²) in [4.78, 5) is 22.0. The number of nitro benzene ring substituents is 1. The molecule has 7 heteroatoms. The van der Waals surface area contributed by atoms with Gasteiger partial charge in [0.05, 0.1) is 4.92 Å². The summed E-state index contributed by atoms with van der Waals surface area (Å²) in [6.45, 7) is 5.40. The number of hydrogen-bond donors (Lipinski definition) is 1. The minimum Gasteiger partial charge on any atom is -0.481 e. The number of nitrogens with zero attached hydrogens (tertiary/aromatic N) is 1. The van der Waals surface area contributed by atoms with Gasteiger partial charge in [-0.1, -0.05) is 6.07 Å². The molecule has 0 aliphatic heterocycles. The fourth-order valence-corrected chi connectivity index (χ4v) is 2.23. The van der Waals surface area contributed by atoms with Crippen LogP contribution in [0.1, 0.15) is 18.1 Å². The Balaban J connectivity index is 2.09. The first-order valence-corrected chi connectivity index (χ1v) is 7.26. The van der Waals surface area contributed by atoms with Crippen molar-refractivity contribution in [2.24, 2.45) is 0 Å². The molecular weight excluding hydrogens is 315 g/mol. The molecule has 0 aromatic heterocycles. The summed E-state index contributed by atoms with van der Waals surface area (Å²) < 4.78 is 18.9. The van der Waals surface area contributed by atoms with Gasteiger partial charge in [0, 0.05) is 11.8 Å². The van der Waals surface area contributed by atoms with Crippen molar-refractivity contribution in [3.05, 3.63) is 63.5 Å². The zero-order valence-corrected chi connectivity index (χ0v) is 13.5. The second-order valence-electron chi connectivity index (χ2n) is 5.50. The Morgan fingerprint density at radius 3 is 2.42 bits per heavy atom. The predicted octanol–water partition coefficient (Wildman–Crippen LogP) is 3.76. The number of benzene rings is 2. The molecule has 6 nitrogen and oxygen atoms in total. The van der Waals surface area contributed by atoms with Crippen molar-refractivity contribution in [2.45, 2.75) is 26.9 Å². The van der Waals surface area contributed by atoms with E-state index >= 15 is 0 Å². The summed E-state index contributed by atoms with van der Waals surface area (Å²) in [5.41, 5.74) is 1.44. The van der Waals surface area contributed by atoms with E-state index < -0.39 is 28.4 Å². The molecule has 1 amide bonds. The van der Waals surface area contributed by atoms with Gasteiger partial charge in [-0.2, -0.15) is 4.39 Å². The largest absolute Gasteiger partial charge is 0.481 e. The first-order valence-electron chi connectivity index (χ1n) is 7.26. The van der Waals surface area contributed by atoms with Gasteiger partial charge < -0.3 is 10.1 Å². The average Bonchev–Trinajstić information content (AvgIpc) is 2.47. The van der Waals surface area contributed by atoms with Gasteiger partial charge in [0.2, 0.25) is 5.82 Å². The lowest BCUT2D eigenvalue weighted by Crippen LogP contribution is -2.30. The number of rotatable bonds is 5. The van der Waals surface area contributed by atoms with Crippen LogP contribution in [0.5, 0.6) is 5.75 Å². The molecular formula is C17H17FN2O4. The van der Waals surface area contributed by atoms with E-state index in [4.69, 9.17) is 4.74 Å². The zero-order chi connectivity index (χ0) is 17.9. The molecule has 2 aromatic rings. The van der Waals surface area contributed by atoms with Gasteiger partial charge in [-0.25, -0.2) is 0 Å². The molecule has 0 fully saturated rings. The van der Waals surface area contributed by atoms with E-state index in [9.17, 15) is 19.3 Å². The fraction of sp³-hybridized carbons (Fsp3) is 0.235. The summed E-state index contributed by atoms with van der Waals surface area (Å²) >= 11 is 0. The number of aryl methyl sites for hydroxylation is 2. The molecule has 0 aliphatic rings. The Morgan fingerprint density at radius 2 is 1.83 bits per heavy atom. The quantitative estimate of drug-likeness (QED) is 0.668. The third kappa shape index (κ3) is 4.28. The van der Waals surface area contributed by atoms with Crippen LogP contribution < -0.4 is 10.1 Å². The minimum atomic E-state index is -0.961. The molecule has 126 valence electrons. The van der Waals surface area contributed by atoms with Crippen molar-refractivity contribution < 1.29 is 18.8 Å². The Hall–Kier alpha value is -2.96. The Kier molecular flexibility index (Phi) is 5.13. The number of nitro groups is 1. The van der Waals surface area contributed by atoms with E-state index in [0.717, 1.165) is 23.3 Å². The van der Waals surface area contributed by atoms with Crippen LogP contribution in [-0.4, -0.2) is 16.9 Å². The van der Waals surface area contributed by atoms with E-state index in [-0.39, 0.29) is 5.69 Å². The first kappa shape index (κ1) is 17.4. The maximum atomic E-state index is 13.3. The van der Waals surface area contributed by atoms with E-state index in [1.165, 1.54) is 6.07 Å². The molecule has 0 spiro atoms. The van der Waals surface area contributed by atoms with Crippen molar-refractivity contribution in [1.82, 2.24) is 0 Å². The van der Waals surface area contributed by atoms with E-state index in [2.05, 4.69) is 5.32 Å². The summed E-state index contributed by atoms with van der Waals surface area (Å²) in [6, 6.07) is 8.75. The minimum absolute atomic E-state index is 0.129. The molecule has 0 radical (unpaired) electrons. The Bertz CT molecular complexity index is 772. The van der Waals surface area contributed by atoms with E-state index in [1.54, 1.807) is 19.1 Å². The number of halogens is 1. The molecule has 0 bridgehead atoms. The van der Waals surface area contributed by atoms with Crippen LogP contribution in [0.4, 0.5) is 15.8 Å². The lowest BCUT2D eigenvalue weighted by molar-refractivity contribution is -0.387. The summed E-state index contributed by atoms with van der Waals surface area (Å²) in [5, 5.41) is 13.2.